The number of allylic oxidation sites excluding steroid dienone is 1. The summed E-state index contributed by atoms with van der Waals surface area (Å²) in [5.41, 5.74) is 3.02. The molecular weight excluding hydrogens is 416 g/mol. The third kappa shape index (κ3) is 5.12. The van der Waals surface area contributed by atoms with Crippen LogP contribution in [0.25, 0.3) is 17.1 Å². The summed E-state index contributed by atoms with van der Waals surface area (Å²) in [5.74, 6) is 3.61. The molecule has 4 aromatic rings. The molecule has 6 heteroatoms. The van der Waals surface area contributed by atoms with Crippen molar-refractivity contribution in [2.75, 3.05) is 20.8 Å². The summed E-state index contributed by atoms with van der Waals surface area (Å²) < 4.78 is 25.2. The number of benzene rings is 3. The topological polar surface area (TPSA) is 54.7 Å². The maximum atomic E-state index is 6.13. The summed E-state index contributed by atoms with van der Waals surface area (Å²) in [7, 11) is 3.28. The van der Waals surface area contributed by atoms with Crippen LogP contribution in [0, 0.1) is 0 Å². The number of hydrogen-bond acceptors (Lipinski definition) is 5. The molecule has 6 nitrogen and oxygen atoms in total. The Hall–Kier alpha value is -3.93. The van der Waals surface area contributed by atoms with Crippen molar-refractivity contribution in [1.82, 2.24) is 9.55 Å². The van der Waals surface area contributed by atoms with E-state index in [1.165, 1.54) is 0 Å². The quantitative estimate of drug-likeness (QED) is 0.312. The van der Waals surface area contributed by atoms with Gasteiger partial charge in [0.15, 0.2) is 23.0 Å². The Morgan fingerprint density at radius 1 is 0.818 bits per heavy atom. The van der Waals surface area contributed by atoms with Gasteiger partial charge in [-0.1, -0.05) is 42.5 Å². The smallest absolute Gasteiger partial charge is 0.161 e. The van der Waals surface area contributed by atoms with Crippen LogP contribution in [0.4, 0.5) is 0 Å². The first-order valence-corrected chi connectivity index (χ1v) is 10.9. The van der Waals surface area contributed by atoms with Gasteiger partial charge < -0.3 is 23.5 Å². The highest BCUT2D eigenvalue weighted by Gasteiger charge is 2.13. The van der Waals surface area contributed by atoms with E-state index in [2.05, 4.69) is 10.6 Å². The average molecular weight is 445 g/mol. The number of fused-ring (bicyclic) bond motifs is 1. The SMILES string of the molecule is C/C=C\c1ccc(OCc2nc3ccccc3n2CCOc2ccccc2OC)c(OC)c1. The minimum atomic E-state index is 0.308. The van der Waals surface area contributed by atoms with Gasteiger partial charge in [0.2, 0.25) is 0 Å². The Kier molecular flexibility index (Phi) is 7.15. The second-order valence-electron chi connectivity index (χ2n) is 7.37. The lowest BCUT2D eigenvalue weighted by Gasteiger charge is -2.14. The number of nitrogens with zero attached hydrogens (tertiary/aromatic N) is 2. The Bertz CT molecular complexity index is 1250. The average Bonchev–Trinajstić information content (AvgIpc) is 3.21. The summed E-state index contributed by atoms with van der Waals surface area (Å²) in [6, 6.07) is 21.6. The molecule has 170 valence electrons. The number of hydrogen-bond donors (Lipinski definition) is 0. The lowest BCUT2D eigenvalue weighted by Crippen LogP contribution is -2.13. The van der Waals surface area contributed by atoms with Gasteiger partial charge in [-0.25, -0.2) is 4.98 Å². The van der Waals surface area contributed by atoms with E-state index in [0.717, 1.165) is 22.4 Å². The number of imidazole rings is 1. The summed E-state index contributed by atoms with van der Waals surface area (Å²) in [4.78, 5) is 4.80. The number of ether oxygens (including phenoxy) is 4. The highest BCUT2D eigenvalue weighted by molar-refractivity contribution is 5.75. The van der Waals surface area contributed by atoms with Gasteiger partial charge in [-0.2, -0.15) is 0 Å². The third-order valence-electron chi connectivity index (χ3n) is 5.28. The van der Waals surface area contributed by atoms with Gasteiger partial charge >= 0.3 is 0 Å². The van der Waals surface area contributed by atoms with Crippen LogP contribution in [0.15, 0.2) is 72.8 Å². The zero-order chi connectivity index (χ0) is 23.0. The van der Waals surface area contributed by atoms with Crippen molar-refractivity contribution in [2.24, 2.45) is 0 Å². The van der Waals surface area contributed by atoms with E-state index in [9.17, 15) is 0 Å². The molecule has 3 aromatic carbocycles. The molecule has 0 bridgehead atoms. The van der Waals surface area contributed by atoms with Gasteiger partial charge in [-0.15, -0.1) is 0 Å². The van der Waals surface area contributed by atoms with Crippen molar-refractivity contribution in [2.45, 2.75) is 20.1 Å². The van der Waals surface area contributed by atoms with Gasteiger partial charge in [-0.05, 0) is 48.9 Å². The van der Waals surface area contributed by atoms with Crippen molar-refractivity contribution in [3.8, 4) is 23.0 Å². The van der Waals surface area contributed by atoms with Crippen molar-refractivity contribution in [3.05, 3.63) is 84.2 Å². The summed E-state index contributed by atoms with van der Waals surface area (Å²) in [6.45, 7) is 3.38. The number of methoxy groups -OCH3 is 2. The van der Waals surface area contributed by atoms with Crippen LogP contribution >= 0.6 is 0 Å². The lowest BCUT2D eigenvalue weighted by atomic mass is 10.2. The molecule has 1 heterocycles. The van der Waals surface area contributed by atoms with Gasteiger partial charge in [0.1, 0.15) is 19.0 Å². The molecule has 1 aromatic heterocycles. The summed E-state index contributed by atoms with van der Waals surface area (Å²) >= 11 is 0. The molecule has 0 fully saturated rings. The van der Waals surface area contributed by atoms with Crippen LogP contribution in [0.5, 0.6) is 23.0 Å². The molecule has 0 radical (unpaired) electrons. The van der Waals surface area contributed by atoms with Crippen molar-refractivity contribution >= 4 is 17.1 Å². The van der Waals surface area contributed by atoms with E-state index in [1.807, 2.05) is 79.7 Å². The first-order chi connectivity index (χ1) is 16.2. The van der Waals surface area contributed by atoms with Crippen molar-refractivity contribution < 1.29 is 18.9 Å². The van der Waals surface area contributed by atoms with Crippen LogP contribution < -0.4 is 18.9 Å². The summed E-state index contributed by atoms with van der Waals surface area (Å²) in [6.07, 6.45) is 4.01. The molecule has 0 saturated heterocycles. The van der Waals surface area contributed by atoms with Gasteiger partial charge in [0.25, 0.3) is 0 Å². The molecule has 33 heavy (non-hydrogen) atoms. The Labute approximate surface area is 194 Å². The minimum Gasteiger partial charge on any atom is -0.493 e. The van der Waals surface area contributed by atoms with Crippen LogP contribution in [0.2, 0.25) is 0 Å². The van der Waals surface area contributed by atoms with Crippen LogP contribution in [-0.4, -0.2) is 30.4 Å². The minimum absolute atomic E-state index is 0.308. The van der Waals surface area contributed by atoms with E-state index in [1.54, 1.807) is 14.2 Å². The molecule has 0 aliphatic heterocycles. The molecule has 4 rings (SSSR count). The molecule has 0 unspecified atom stereocenters. The maximum Gasteiger partial charge on any atom is 0.161 e. The second-order valence-corrected chi connectivity index (χ2v) is 7.37. The Morgan fingerprint density at radius 3 is 2.33 bits per heavy atom. The fourth-order valence-corrected chi connectivity index (χ4v) is 3.71. The fourth-order valence-electron chi connectivity index (χ4n) is 3.71. The normalized spacial score (nSPS) is 11.1. The largest absolute Gasteiger partial charge is 0.493 e. The first-order valence-electron chi connectivity index (χ1n) is 10.9. The van der Waals surface area contributed by atoms with Crippen molar-refractivity contribution in [1.29, 1.82) is 0 Å². The molecule has 0 N–H and O–H groups in total. The second kappa shape index (κ2) is 10.6. The van der Waals surface area contributed by atoms with Crippen LogP contribution in [-0.2, 0) is 13.2 Å². The van der Waals surface area contributed by atoms with Gasteiger partial charge in [-0.3, -0.25) is 0 Å². The fraction of sp³-hybridized carbons (Fsp3) is 0.222. The van der Waals surface area contributed by atoms with E-state index in [0.29, 0.717) is 42.8 Å². The molecule has 0 aliphatic carbocycles. The lowest BCUT2D eigenvalue weighted by molar-refractivity contribution is 0.257. The third-order valence-corrected chi connectivity index (χ3v) is 5.28. The van der Waals surface area contributed by atoms with E-state index >= 15 is 0 Å². The first kappa shape index (κ1) is 22.3. The summed E-state index contributed by atoms with van der Waals surface area (Å²) in [5, 5.41) is 0. The highest BCUT2D eigenvalue weighted by Crippen LogP contribution is 2.30. The van der Waals surface area contributed by atoms with E-state index in [-0.39, 0.29) is 0 Å². The zero-order valence-corrected chi connectivity index (χ0v) is 19.2. The zero-order valence-electron chi connectivity index (χ0n) is 19.2. The standard InChI is InChI=1S/C27H28N2O4/c1-4-9-20-14-15-25(26(18-20)31-3)33-19-27-28-21-10-5-6-11-22(21)29(27)16-17-32-24-13-8-7-12-23(24)30-2/h4-15,18H,16-17,19H2,1-3H3/b9-4-. The number of aromatic nitrogens is 2. The van der Waals surface area contributed by atoms with E-state index in [4.69, 9.17) is 23.9 Å². The van der Waals surface area contributed by atoms with Gasteiger partial charge in [0, 0.05) is 0 Å². The molecule has 0 aliphatic rings. The van der Waals surface area contributed by atoms with Crippen molar-refractivity contribution in [3.63, 3.8) is 0 Å². The number of rotatable bonds is 10. The molecule has 0 saturated carbocycles. The Morgan fingerprint density at radius 2 is 1.55 bits per heavy atom. The van der Waals surface area contributed by atoms with Crippen LogP contribution in [0.3, 0.4) is 0 Å². The molecule has 0 amide bonds. The maximum absolute atomic E-state index is 6.13. The van der Waals surface area contributed by atoms with Gasteiger partial charge in [0.05, 0.1) is 31.8 Å². The molecule has 0 spiro atoms. The van der Waals surface area contributed by atoms with Crippen LogP contribution in [0.1, 0.15) is 18.3 Å². The highest BCUT2D eigenvalue weighted by atomic mass is 16.5. The molecule has 0 atom stereocenters. The van der Waals surface area contributed by atoms with E-state index < -0.39 is 0 Å². The monoisotopic (exact) mass is 444 g/mol. The molecular formula is C27H28N2O4. The Balaban J connectivity index is 1.53. The predicted molar refractivity (Wildman–Crippen MR) is 130 cm³/mol. The predicted octanol–water partition coefficient (Wildman–Crippen LogP) is 5.74. The number of para-hydroxylation sites is 4.